The van der Waals surface area contributed by atoms with Gasteiger partial charge in [0.15, 0.2) is 5.65 Å². The van der Waals surface area contributed by atoms with Gasteiger partial charge in [-0.05, 0) is 24.6 Å². The van der Waals surface area contributed by atoms with Gasteiger partial charge in [-0.1, -0.05) is 0 Å². The molecule has 0 fully saturated rings. The van der Waals surface area contributed by atoms with E-state index >= 15 is 0 Å². The Morgan fingerprint density at radius 3 is 3.00 bits per heavy atom. The number of hydrogen-bond donors (Lipinski definition) is 2. The van der Waals surface area contributed by atoms with Crippen molar-refractivity contribution in [1.82, 2.24) is 14.6 Å². The van der Waals surface area contributed by atoms with Crippen LogP contribution in [0.5, 0.6) is 0 Å². The fraction of sp³-hybridized carbons (Fsp3) is 0.400. The molecule has 2 heterocycles. The Kier molecular flexibility index (Phi) is 3.19. The topological polar surface area (TPSA) is 62.5 Å². The van der Waals surface area contributed by atoms with Crippen molar-refractivity contribution in [2.75, 3.05) is 11.9 Å². The van der Waals surface area contributed by atoms with E-state index in [-0.39, 0.29) is 12.5 Å². The first-order chi connectivity index (χ1) is 8.06. The van der Waals surface area contributed by atoms with Crippen molar-refractivity contribution in [2.45, 2.75) is 19.5 Å². The predicted molar refractivity (Wildman–Crippen MR) is 58.2 cm³/mol. The molecular formula is C10H12F2N4O. The average Bonchev–Trinajstić information content (AvgIpc) is 2.67. The standard InChI is InChI=1S/C10H12F2N4O/c1-6-2-3-16-8(4-6)14-10(15-16)13-5-7(17)9(11)12/h2-4,7,9,17H,5H2,1H3,(H,13,15). The molecule has 0 bridgehead atoms. The predicted octanol–water partition coefficient (Wildman–Crippen LogP) is 1.08. The third-order valence-electron chi connectivity index (χ3n) is 2.25. The van der Waals surface area contributed by atoms with Crippen molar-refractivity contribution in [3.05, 3.63) is 23.9 Å². The minimum absolute atomic E-state index is 0.218. The first kappa shape index (κ1) is 11.7. The van der Waals surface area contributed by atoms with Gasteiger partial charge in [-0.25, -0.2) is 13.3 Å². The van der Waals surface area contributed by atoms with Crippen LogP contribution in [-0.4, -0.2) is 38.8 Å². The highest BCUT2D eigenvalue weighted by Crippen LogP contribution is 2.08. The Balaban J connectivity index is 2.09. The maximum atomic E-state index is 12.1. The Morgan fingerprint density at radius 2 is 2.29 bits per heavy atom. The zero-order chi connectivity index (χ0) is 12.4. The summed E-state index contributed by atoms with van der Waals surface area (Å²) < 4.78 is 25.6. The van der Waals surface area contributed by atoms with Crippen LogP contribution in [0, 0.1) is 6.92 Å². The Labute approximate surface area is 96.1 Å². The Bertz CT molecular complexity index is 514. The monoisotopic (exact) mass is 242 g/mol. The molecule has 2 aromatic heterocycles. The quantitative estimate of drug-likeness (QED) is 0.842. The summed E-state index contributed by atoms with van der Waals surface area (Å²) in [7, 11) is 0. The summed E-state index contributed by atoms with van der Waals surface area (Å²) in [5.41, 5.74) is 1.66. The van der Waals surface area contributed by atoms with Crippen LogP contribution in [0.1, 0.15) is 5.56 Å². The van der Waals surface area contributed by atoms with Gasteiger partial charge in [-0.15, -0.1) is 5.10 Å². The molecule has 0 saturated heterocycles. The second-order valence-electron chi connectivity index (χ2n) is 3.72. The van der Waals surface area contributed by atoms with Crippen molar-refractivity contribution in [3.8, 4) is 0 Å². The van der Waals surface area contributed by atoms with Crippen molar-refractivity contribution >= 4 is 11.6 Å². The number of aryl methyl sites for hydroxylation is 1. The smallest absolute Gasteiger partial charge is 0.265 e. The highest BCUT2D eigenvalue weighted by molar-refractivity contribution is 5.45. The number of halogens is 2. The number of anilines is 1. The lowest BCUT2D eigenvalue weighted by Crippen LogP contribution is -2.27. The molecule has 1 atom stereocenters. The average molecular weight is 242 g/mol. The second kappa shape index (κ2) is 4.62. The molecule has 0 amide bonds. The third-order valence-corrected chi connectivity index (χ3v) is 2.25. The largest absolute Gasteiger partial charge is 0.385 e. The fourth-order valence-electron chi connectivity index (χ4n) is 1.34. The SMILES string of the molecule is Cc1ccn2nc(NCC(O)C(F)F)nc2c1. The first-order valence-corrected chi connectivity index (χ1v) is 5.09. The van der Waals surface area contributed by atoms with Gasteiger partial charge in [0.05, 0.1) is 0 Å². The molecule has 0 aliphatic carbocycles. The number of fused-ring (bicyclic) bond motifs is 1. The van der Waals surface area contributed by atoms with E-state index < -0.39 is 12.5 Å². The van der Waals surface area contributed by atoms with E-state index in [1.165, 1.54) is 4.52 Å². The number of alkyl halides is 2. The van der Waals surface area contributed by atoms with Gasteiger partial charge >= 0.3 is 0 Å². The molecule has 0 radical (unpaired) electrons. The highest BCUT2D eigenvalue weighted by atomic mass is 19.3. The van der Waals surface area contributed by atoms with Gasteiger partial charge in [-0.3, -0.25) is 0 Å². The summed E-state index contributed by atoms with van der Waals surface area (Å²) in [6, 6.07) is 3.68. The maximum Gasteiger partial charge on any atom is 0.265 e. The molecule has 1 unspecified atom stereocenters. The lowest BCUT2D eigenvalue weighted by molar-refractivity contribution is 0.00377. The van der Waals surface area contributed by atoms with Gasteiger partial charge < -0.3 is 10.4 Å². The van der Waals surface area contributed by atoms with Crippen molar-refractivity contribution in [2.24, 2.45) is 0 Å². The van der Waals surface area contributed by atoms with Gasteiger partial charge in [0, 0.05) is 12.7 Å². The molecule has 0 aliphatic rings. The van der Waals surface area contributed by atoms with Crippen molar-refractivity contribution in [3.63, 3.8) is 0 Å². The molecule has 0 aliphatic heterocycles. The molecule has 92 valence electrons. The summed E-state index contributed by atoms with van der Waals surface area (Å²) >= 11 is 0. The second-order valence-corrected chi connectivity index (χ2v) is 3.72. The highest BCUT2D eigenvalue weighted by Gasteiger charge is 2.16. The number of aliphatic hydroxyl groups excluding tert-OH is 1. The summed E-state index contributed by atoms with van der Waals surface area (Å²) in [6.07, 6.45) is -2.77. The van der Waals surface area contributed by atoms with E-state index in [4.69, 9.17) is 5.11 Å². The molecule has 0 aromatic carbocycles. The third kappa shape index (κ3) is 2.68. The van der Waals surface area contributed by atoms with E-state index in [1.807, 2.05) is 19.1 Å². The van der Waals surface area contributed by atoms with E-state index in [0.29, 0.717) is 5.65 Å². The van der Waals surface area contributed by atoms with E-state index in [0.717, 1.165) is 5.56 Å². The van der Waals surface area contributed by atoms with Crippen LogP contribution >= 0.6 is 0 Å². The van der Waals surface area contributed by atoms with Crippen LogP contribution in [0.15, 0.2) is 18.3 Å². The molecule has 0 spiro atoms. The number of rotatable bonds is 4. The van der Waals surface area contributed by atoms with E-state index in [2.05, 4.69) is 15.4 Å². The van der Waals surface area contributed by atoms with Crippen LogP contribution in [-0.2, 0) is 0 Å². The number of pyridine rings is 1. The van der Waals surface area contributed by atoms with Crippen LogP contribution in [0.4, 0.5) is 14.7 Å². The molecule has 2 aromatic rings. The minimum atomic E-state index is -2.78. The lowest BCUT2D eigenvalue weighted by Gasteiger charge is -2.08. The Hall–Kier alpha value is -1.76. The van der Waals surface area contributed by atoms with Gasteiger partial charge in [0.25, 0.3) is 6.43 Å². The summed E-state index contributed by atoms with van der Waals surface area (Å²) in [4.78, 5) is 4.09. The molecule has 7 heteroatoms. The molecule has 2 rings (SSSR count). The van der Waals surface area contributed by atoms with E-state index in [1.54, 1.807) is 6.20 Å². The molecule has 17 heavy (non-hydrogen) atoms. The number of hydrogen-bond acceptors (Lipinski definition) is 4. The first-order valence-electron chi connectivity index (χ1n) is 5.09. The fourth-order valence-corrected chi connectivity index (χ4v) is 1.34. The van der Waals surface area contributed by atoms with Crippen molar-refractivity contribution < 1.29 is 13.9 Å². The van der Waals surface area contributed by atoms with E-state index in [9.17, 15) is 8.78 Å². The zero-order valence-corrected chi connectivity index (χ0v) is 9.14. The summed E-state index contributed by atoms with van der Waals surface area (Å²) in [5, 5.41) is 15.5. The maximum absolute atomic E-state index is 12.1. The zero-order valence-electron chi connectivity index (χ0n) is 9.14. The molecular weight excluding hydrogens is 230 g/mol. The number of aromatic nitrogens is 3. The van der Waals surface area contributed by atoms with Crippen LogP contribution < -0.4 is 5.32 Å². The normalized spacial score (nSPS) is 13.2. The van der Waals surface area contributed by atoms with Crippen LogP contribution in [0.2, 0.25) is 0 Å². The van der Waals surface area contributed by atoms with Gasteiger partial charge in [0.1, 0.15) is 6.10 Å². The Morgan fingerprint density at radius 1 is 1.53 bits per heavy atom. The van der Waals surface area contributed by atoms with Gasteiger partial charge in [-0.2, -0.15) is 4.98 Å². The van der Waals surface area contributed by atoms with Crippen molar-refractivity contribution in [1.29, 1.82) is 0 Å². The molecule has 2 N–H and O–H groups in total. The van der Waals surface area contributed by atoms with Crippen LogP contribution in [0.3, 0.4) is 0 Å². The number of nitrogens with one attached hydrogen (secondary N) is 1. The molecule has 5 nitrogen and oxygen atoms in total. The number of aliphatic hydroxyl groups is 1. The minimum Gasteiger partial charge on any atom is -0.385 e. The van der Waals surface area contributed by atoms with Gasteiger partial charge in [0.2, 0.25) is 5.95 Å². The van der Waals surface area contributed by atoms with Crippen LogP contribution in [0.25, 0.3) is 5.65 Å². The lowest BCUT2D eigenvalue weighted by atomic mass is 10.3. The summed E-state index contributed by atoms with van der Waals surface area (Å²) in [6.45, 7) is 1.63. The summed E-state index contributed by atoms with van der Waals surface area (Å²) in [5.74, 6) is 0.218. The molecule has 0 saturated carbocycles. The number of nitrogens with zero attached hydrogens (tertiary/aromatic N) is 3.